The Morgan fingerprint density at radius 3 is 2.82 bits per heavy atom. The van der Waals surface area contributed by atoms with Crippen LogP contribution in [0.3, 0.4) is 0 Å². The van der Waals surface area contributed by atoms with Crippen molar-refractivity contribution in [1.29, 1.82) is 0 Å². The van der Waals surface area contributed by atoms with Crippen LogP contribution in [0.15, 0.2) is 17.5 Å². The molecule has 3 rings (SSSR count). The number of hydrogen-bond acceptors (Lipinski definition) is 3. The zero-order valence-corrected chi connectivity index (χ0v) is 11.9. The molecule has 17 heavy (non-hydrogen) atoms. The summed E-state index contributed by atoms with van der Waals surface area (Å²) in [5, 5.41) is 5.73. The largest absolute Gasteiger partial charge is 0.309 e. The minimum Gasteiger partial charge on any atom is -0.309 e. The fourth-order valence-corrected chi connectivity index (χ4v) is 4.71. The first-order valence-electron chi connectivity index (χ1n) is 6.11. The third-order valence-electron chi connectivity index (χ3n) is 3.42. The van der Waals surface area contributed by atoms with E-state index in [0.717, 1.165) is 0 Å². The van der Waals surface area contributed by atoms with Crippen molar-refractivity contribution in [3.8, 4) is 0 Å². The Hall–Kier alpha value is -0.640. The second-order valence-electron chi connectivity index (χ2n) is 4.66. The van der Waals surface area contributed by atoms with Crippen molar-refractivity contribution in [3.05, 3.63) is 43.3 Å². The lowest BCUT2D eigenvalue weighted by Gasteiger charge is -2.12. The van der Waals surface area contributed by atoms with Gasteiger partial charge in [0.1, 0.15) is 0 Å². The average Bonchev–Trinajstić information content (AvgIpc) is 2.95. The zero-order valence-electron chi connectivity index (χ0n) is 10.2. The first-order valence-corrected chi connectivity index (χ1v) is 7.81. The van der Waals surface area contributed by atoms with Gasteiger partial charge < -0.3 is 5.32 Å². The molecule has 1 N–H and O–H groups in total. The normalized spacial score (nSPS) is 16.1. The van der Waals surface area contributed by atoms with Crippen molar-refractivity contribution in [2.24, 2.45) is 0 Å². The summed E-state index contributed by atoms with van der Waals surface area (Å²) in [6.07, 6.45) is 3.92. The Morgan fingerprint density at radius 2 is 2.18 bits per heavy atom. The molecule has 2 aromatic heterocycles. The highest BCUT2D eigenvalue weighted by molar-refractivity contribution is 7.12. The maximum atomic E-state index is 3.45. The standard InChI is InChI=1S/C14H17NS2/c1-9-6-11(8-16-9)14(15-2)13-7-10-4-3-5-12(10)17-13/h6-8,14-15H,3-5H2,1-2H3. The van der Waals surface area contributed by atoms with Gasteiger partial charge in [0, 0.05) is 14.6 Å². The molecule has 3 heteroatoms. The Labute approximate surface area is 111 Å². The van der Waals surface area contributed by atoms with Crippen molar-refractivity contribution in [2.45, 2.75) is 32.2 Å². The molecular weight excluding hydrogens is 246 g/mol. The van der Waals surface area contributed by atoms with Crippen molar-refractivity contribution < 1.29 is 0 Å². The van der Waals surface area contributed by atoms with E-state index in [9.17, 15) is 0 Å². The Morgan fingerprint density at radius 1 is 1.29 bits per heavy atom. The molecule has 0 aliphatic heterocycles. The number of fused-ring (bicyclic) bond motifs is 1. The molecule has 0 spiro atoms. The molecule has 0 saturated heterocycles. The van der Waals surface area contributed by atoms with Gasteiger partial charge in [0.05, 0.1) is 6.04 Å². The Kier molecular flexibility index (Phi) is 3.07. The molecule has 0 bridgehead atoms. The second-order valence-corrected chi connectivity index (χ2v) is 6.95. The number of hydrogen-bond donors (Lipinski definition) is 1. The molecule has 1 unspecified atom stereocenters. The van der Waals surface area contributed by atoms with Gasteiger partial charge in [-0.25, -0.2) is 0 Å². The molecule has 2 aromatic rings. The summed E-state index contributed by atoms with van der Waals surface area (Å²) in [7, 11) is 2.06. The second kappa shape index (κ2) is 4.56. The van der Waals surface area contributed by atoms with E-state index in [1.54, 1.807) is 10.4 Å². The van der Waals surface area contributed by atoms with Crippen molar-refractivity contribution in [2.75, 3.05) is 7.05 Å². The topological polar surface area (TPSA) is 12.0 Å². The number of aryl methyl sites for hydroxylation is 3. The van der Waals surface area contributed by atoms with E-state index < -0.39 is 0 Å². The van der Waals surface area contributed by atoms with Gasteiger partial charge in [-0.1, -0.05) is 0 Å². The molecule has 1 nitrogen and oxygen atoms in total. The van der Waals surface area contributed by atoms with E-state index >= 15 is 0 Å². The smallest absolute Gasteiger partial charge is 0.0677 e. The Balaban J connectivity index is 1.94. The number of rotatable bonds is 3. The van der Waals surface area contributed by atoms with Crippen LogP contribution in [0, 0.1) is 6.92 Å². The highest BCUT2D eigenvalue weighted by Crippen LogP contribution is 2.36. The van der Waals surface area contributed by atoms with Crippen molar-refractivity contribution >= 4 is 22.7 Å². The van der Waals surface area contributed by atoms with Gasteiger partial charge in [0.2, 0.25) is 0 Å². The van der Waals surface area contributed by atoms with E-state index in [-0.39, 0.29) is 0 Å². The predicted octanol–water partition coefficient (Wildman–Crippen LogP) is 3.92. The average molecular weight is 263 g/mol. The van der Waals surface area contributed by atoms with Crippen LogP contribution in [0.25, 0.3) is 0 Å². The van der Waals surface area contributed by atoms with Gasteiger partial charge in [-0.3, -0.25) is 0 Å². The van der Waals surface area contributed by atoms with Gasteiger partial charge in [-0.2, -0.15) is 0 Å². The summed E-state index contributed by atoms with van der Waals surface area (Å²) in [4.78, 5) is 4.49. The first kappa shape index (κ1) is 11.5. The molecule has 0 fully saturated rings. The van der Waals surface area contributed by atoms with E-state index in [1.807, 2.05) is 22.7 Å². The minimum atomic E-state index is 0.385. The molecule has 0 saturated carbocycles. The SMILES string of the molecule is CNC(c1csc(C)c1)c1cc2c(s1)CCC2. The number of nitrogens with one attached hydrogen (secondary N) is 1. The van der Waals surface area contributed by atoms with Crippen LogP contribution in [-0.4, -0.2) is 7.05 Å². The van der Waals surface area contributed by atoms with E-state index in [1.165, 1.54) is 34.6 Å². The van der Waals surface area contributed by atoms with Crippen LogP contribution in [0.4, 0.5) is 0 Å². The summed E-state index contributed by atoms with van der Waals surface area (Å²) in [6.45, 7) is 2.18. The predicted molar refractivity (Wildman–Crippen MR) is 76.3 cm³/mol. The molecule has 90 valence electrons. The summed E-state index contributed by atoms with van der Waals surface area (Å²) >= 11 is 3.84. The van der Waals surface area contributed by atoms with Crippen molar-refractivity contribution in [1.82, 2.24) is 5.32 Å². The maximum absolute atomic E-state index is 3.45. The van der Waals surface area contributed by atoms with Crippen LogP contribution in [-0.2, 0) is 12.8 Å². The van der Waals surface area contributed by atoms with Crippen LogP contribution in [0.2, 0.25) is 0 Å². The summed E-state index contributed by atoms with van der Waals surface area (Å²) in [5.41, 5.74) is 3.01. The van der Waals surface area contributed by atoms with E-state index in [4.69, 9.17) is 0 Å². The molecule has 0 amide bonds. The zero-order chi connectivity index (χ0) is 11.8. The quantitative estimate of drug-likeness (QED) is 0.885. The summed E-state index contributed by atoms with van der Waals surface area (Å²) in [5.74, 6) is 0. The lowest BCUT2D eigenvalue weighted by atomic mass is 10.1. The van der Waals surface area contributed by atoms with Gasteiger partial charge in [0.25, 0.3) is 0 Å². The maximum Gasteiger partial charge on any atom is 0.0677 e. The lowest BCUT2D eigenvalue weighted by Crippen LogP contribution is -2.15. The Bertz CT molecular complexity index is 503. The molecular formula is C14H17NS2. The van der Waals surface area contributed by atoms with Crippen LogP contribution in [0.5, 0.6) is 0 Å². The minimum absolute atomic E-state index is 0.385. The number of thiophene rings is 2. The van der Waals surface area contributed by atoms with Crippen molar-refractivity contribution in [3.63, 3.8) is 0 Å². The third kappa shape index (κ3) is 2.07. The highest BCUT2D eigenvalue weighted by Gasteiger charge is 2.20. The van der Waals surface area contributed by atoms with Gasteiger partial charge in [-0.15, -0.1) is 22.7 Å². The third-order valence-corrected chi connectivity index (χ3v) is 5.60. The van der Waals surface area contributed by atoms with Gasteiger partial charge in [0.15, 0.2) is 0 Å². The molecule has 0 aromatic carbocycles. The van der Waals surface area contributed by atoms with Crippen LogP contribution < -0.4 is 5.32 Å². The molecule has 1 atom stereocenters. The molecule has 0 radical (unpaired) electrons. The fourth-order valence-electron chi connectivity index (χ4n) is 2.58. The summed E-state index contributed by atoms with van der Waals surface area (Å²) in [6, 6.07) is 5.10. The highest BCUT2D eigenvalue weighted by atomic mass is 32.1. The lowest BCUT2D eigenvalue weighted by molar-refractivity contribution is 0.705. The molecule has 1 aliphatic rings. The van der Waals surface area contributed by atoms with Gasteiger partial charge in [-0.05, 0) is 61.9 Å². The van der Waals surface area contributed by atoms with Crippen LogP contribution >= 0.6 is 22.7 Å². The van der Waals surface area contributed by atoms with Crippen LogP contribution in [0.1, 0.15) is 38.2 Å². The molecule has 2 heterocycles. The fraction of sp³-hybridized carbons (Fsp3) is 0.429. The van der Waals surface area contributed by atoms with Gasteiger partial charge >= 0.3 is 0 Å². The summed E-state index contributed by atoms with van der Waals surface area (Å²) < 4.78 is 0. The van der Waals surface area contributed by atoms with E-state index in [2.05, 4.69) is 36.8 Å². The first-order chi connectivity index (χ1) is 8.28. The monoisotopic (exact) mass is 263 g/mol. The van der Waals surface area contributed by atoms with E-state index in [0.29, 0.717) is 6.04 Å². The molecule has 1 aliphatic carbocycles.